The molecule has 161 valence electrons. The van der Waals surface area contributed by atoms with Crippen molar-refractivity contribution in [3.63, 3.8) is 0 Å². The number of rotatable bonds is 4. The number of anilines is 1. The van der Waals surface area contributed by atoms with Gasteiger partial charge in [-0.25, -0.2) is 0 Å². The van der Waals surface area contributed by atoms with E-state index in [-0.39, 0.29) is 23.9 Å². The number of nitrogens with two attached hydrogens (primary N) is 1. The molecule has 0 saturated heterocycles. The van der Waals surface area contributed by atoms with Gasteiger partial charge < -0.3 is 23.5 Å². The first-order chi connectivity index (χ1) is 13.9. The Kier molecular flexibility index (Phi) is 11.8. The summed E-state index contributed by atoms with van der Waals surface area (Å²) < 4.78 is 0. The SMILES string of the molecule is Nc1c(CC(=O)O)cccc1C(=O)c1ccccc1.[CH2-]C1CCCCC1[NH-].[Cl][Pt]. The fourth-order valence-corrected chi connectivity index (χ4v) is 3.08. The van der Waals surface area contributed by atoms with Crippen molar-refractivity contribution in [2.75, 3.05) is 5.73 Å². The third-order valence-electron chi connectivity index (χ3n) is 4.73. The van der Waals surface area contributed by atoms with Gasteiger partial charge in [0.1, 0.15) is 0 Å². The van der Waals surface area contributed by atoms with Gasteiger partial charge in [-0.3, -0.25) is 9.59 Å². The zero-order valence-electron chi connectivity index (χ0n) is 16.1. The van der Waals surface area contributed by atoms with Crippen molar-refractivity contribution >= 4 is 26.9 Å². The summed E-state index contributed by atoms with van der Waals surface area (Å²) in [7, 11) is 4.61. The van der Waals surface area contributed by atoms with Crippen molar-refractivity contribution in [1.29, 1.82) is 0 Å². The number of para-hydroxylation sites is 1. The Labute approximate surface area is 187 Å². The molecule has 2 aromatic rings. The monoisotopic (exact) mass is 596 g/mol. The molecule has 2 aromatic carbocycles. The molecule has 0 radical (unpaired) electrons. The van der Waals surface area contributed by atoms with Gasteiger partial charge in [-0.2, -0.15) is 12.0 Å². The van der Waals surface area contributed by atoms with Crippen molar-refractivity contribution in [3.05, 3.63) is 77.9 Å². The van der Waals surface area contributed by atoms with Crippen LogP contribution in [0.25, 0.3) is 5.73 Å². The molecule has 0 amide bonds. The molecule has 1 aliphatic carbocycles. The molecule has 0 heterocycles. The van der Waals surface area contributed by atoms with Crippen LogP contribution in [0.3, 0.4) is 0 Å². The number of carbonyl (C=O) groups is 2. The first kappa shape index (κ1) is 25.4. The van der Waals surface area contributed by atoms with E-state index in [4.69, 9.17) is 16.6 Å². The van der Waals surface area contributed by atoms with Crippen molar-refractivity contribution in [2.24, 2.45) is 5.92 Å². The molecule has 2 unspecified atom stereocenters. The Morgan fingerprint density at radius 1 is 1.10 bits per heavy atom. The molecule has 29 heavy (non-hydrogen) atoms. The van der Waals surface area contributed by atoms with Gasteiger partial charge in [-0.05, 0) is 11.6 Å². The Bertz CT molecular complexity index is 777. The quantitative estimate of drug-likeness (QED) is 0.286. The van der Waals surface area contributed by atoms with Crippen molar-refractivity contribution in [1.82, 2.24) is 0 Å². The number of hydrogen-bond donors (Lipinski definition) is 2. The normalized spacial score (nSPS) is 17.8. The molecule has 2 atom stereocenters. The van der Waals surface area contributed by atoms with Gasteiger partial charge in [-0.15, -0.1) is 0 Å². The third-order valence-corrected chi connectivity index (χ3v) is 4.73. The average Bonchev–Trinajstić information content (AvgIpc) is 2.74. The molecule has 0 spiro atoms. The number of halogens is 1. The molecular weight excluding hydrogens is 571 g/mol. The Morgan fingerprint density at radius 2 is 1.72 bits per heavy atom. The molecule has 1 fully saturated rings. The minimum atomic E-state index is -0.976. The second-order valence-electron chi connectivity index (χ2n) is 6.80. The number of aliphatic carboxylic acids is 1. The number of nitrogen functional groups attached to an aromatic ring is 1. The maximum absolute atomic E-state index is 12.3. The molecule has 5 nitrogen and oxygen atoms in total. The van der Waals surface area contributed by atoms with Crippen molar-refractivity contribution < 1.29 is 33.5 Å². The Hall–Kier alpha value is -1.68. The zero-order chi connectivity index (χ0) is 21.8. The maximum atomic E-state index is 12.3. The van der Waals surface area contributed by atoms with Crippen molar-refractivity contribution in [3.8, 4) is 0 Å². The molecule has 0 aromatic heterocycles. The molecule has 1 saturated carbocycles. The summed E-state index contributed by atoms with van der Waals surface area (Å²) in [5.41, 5.74) is 14.9. The van der Waals surface area contributed by atoms with Gasteiger partial charge in [0.05, 0.1) is 6.42 Å². The van der Waals surface area contributed by atoms with E-state index in [0.717, 1.165) is 6.42 Å². The first-order valence-corrected chi connectivity index (χ1v) is 12.1. The van der Waals surface area contributed by atoms with Crippen LogP contribution in [-0.4, -0.2) is 22.9 Å². The van der Waals surface area contributed by atoms with Crippen LogP contribution in [-0.2, 0) is 30.0 Å². The summed E-state index contributed by atoms with van der Waals surface area (Å²) in [6, 6.07) is 13.8. The fourth-order valence-electron chi connectivity index (χ4n) is 3.08. The van der Waals surface area contributed by atoms with Crippen molar-refractivity contribution in [2.45, 2.75) is 38.1 Å². The first-order valence-electron chi connectivity index (χ1n) is 9.25. The molecule has 3 rings (SSSR count). The number of ketones is 1. The van der Waals surface area contributed by atoms with Gasteiger partial charge in [0.2, 0.25) is 0 Å². The number of hydrogen-bond acceptors (Lipinski definition) is 3. The Balaban J connectivity index is 0.000000351. The van der Waals surface area contributed by atoms with Crippen LogP contribution in [0, 0.1) is 12.8 Å². The van der Waals surface area contributed by atoms with Crippen LogP contribution in [0.2, 0.25) is 0 Å². The molecule has 1 aliphatic rings. The van der Waals surface area contributed by atoms with E-state index in [1.54, 1.807) is 61.2 Å². The number of benzene rings is 2. The van der Waals surface area contributed by atoms with E-state index in [2.05, 4.69) is 16.3 Å². The number of carbonyl (C=O) groups excluding carboxylic acids is 1. The molecular formula is C22H26ClN2O3Pt-2. The molecule has 7 heteroatoms. The van der Waals surface area contributed by atoms with E-state index in [9.17, 15) is 9.59 Å². The summed E-state index contributed by atoms with van der Waals surface area (Å²) in [6.45, 7) is 3.89. The minimum absolute atomic E-state index is 0.142. The van der Waals surface area contributed by atoms with E-state index >= 15 is 0 Å². The summed E-state index contributed by atoms with van der Waals surface area (Å²) in [5.74, 6) is -0.759. The van der Waals surface area contributed by atoms with Gasteiger partial charge in [0, 0.05) is 16.8 Å². The van der Waals surface area contributed by atoms with E-state index in [0.29, 0.717) is 22.6 Å². The van der Waals surface area contributed by atoms with Crippen LogP contribution in [0.5, 0.6) is 0 Å². The fraction of sp³-hybridized carbons (Fsp3) is 0.318. The number of nitrogens with one attached hydrogen (secondary N) is 1. The summed E-state index contributed by atoms with van der Waals surface area (Å²) in [5, 5.41) is 8.80. The number of carboxylic acids is 1. The van der Waals surface area contributed by atoms with Crippen LogP contribution < -0.4 is 5.73 Å². The van der Waals surface area contributed by atoms with E-state index < -0.39 is 5.97 Å². The standard InChI is InChI=1S/C15H13NO3.C7H13N.ClH.Pt/c16-14-11(9-13(17)18)7-4-8-12(14)15(19)10-5-2-1-3-6-10;1-6-4-2-3-5-7(6)8;;/h1-8H,9,16H2,(H,17,18);6-8H,1-5H2;1H;/q;-2;;+1/p-1. The molecule has 0 aliphatic heterocycles. The zero-order valence-corrected chi connectivity index (χ0v) is 19.1. The van der Waals surface area contributed by atoms with Gasteiger partial charge in [0.25, 0.3) is 0 Å². The Morgan fingerprint density at radius 3 is 2.24 bits per heavy atom. The summed E-state index contributed by atoms with van der Waals surface area (Å²) >= 11 is 1.61. The topological polar surface area (TPSA) is 104 Å². The predicted octanol–water partition coefficient (Wildman–Crippen LogP) is 5.25. The van der Waals surface area contributed by atoms with Crippen LogP contribution in [0.4, 0.5) is 5.69 Å². The third kappa shape index (κ3) is 8.29. The predicted molar refractivity (Wildman–Crippen MR) is 113 cm³/mol. The van der Waals surface area contributed by atoms with E-state index in [1.807, 2.05) is 6.07 Å². The van der Waals surface area contributed by atoms with Gasteiger partial charge >= 0.3 is 34.2 Å². The van der Waals surface area contributed by atoms with Gasteiger partial charge in [-0.1, -0.05) is 68.1 Å². The number of carboxylic acid groups (broad SMARTS) is 1. The second-order valence-corrected chi connectivity index (χ2v) is 6.80. The van der Waals surface area contributed by atoms with Crippen LogP contribution >= 0.6 is 9.42 Å². The summed E-state index contributed by atoms with van der Waals surface area (Å²) in [6.07, 6.45) is 4.60. The molecule has 4 N–H and O–H groups in total. The summed E-state index contributed by atoms with van der Waals surface area (Å²) in [4.78, 5) is 23.0. The van der Waals surface area contributed by atoms with Crippen LogP contribution in [0.1, 0.15) is 47.2 Å². The van der Waals surface area contributed by atoms with Gasteiger partial charge in [0.15, 0.2) is 5.78 Å². The van der Waals surface area contributed by atoms with Crippen LogP contribution in [0.15, 0.2) is 48.5 Å². The average molecular weight is 597 g/mol. The molecule has 0 bridgehead atoms. The van der Waals surface area contributed by atoms with E-state index in [1.165, 1.54) is 19.3 Å². The second kappa shape index (κ2) is 13.5.